The van der Waals surface area contributed by atoms with Gasteiger partial charge >= 0.3 is 0 Å². The minimum Gasteiger partial charge on any atom is -0.366 e. The lowest BCUT2D eigenvalue weighted by molar-refractivity contribution is -0.393. The molecule has 0 bridgehead atoms. The zero-order chi connectivity index (χ0) is 15.6. The number of nitro benzene ring substituents is 2. The molecule has 1 saturated carbocycles. The molecular weight excluding hydrogens is 276 g/mol. The van der Waals surface area contributed by atoms with E-state index in [4.69, 9.17) is 5.73 Å². The average Bonchev–Trinajstić information content (AvgIpc) is 2.94. The number of hydrogen-bond acceptors (Lipinski definition) is 6. The number of rotatable bonds is 5. The van der Waals surface area contributed by atoms with Crippen molar-refractivity contribution in [2.75, 3.05) is 18.5 Å². The fourth-order valence-electron chi connectivity index (χ4n) is 3.05. The van der Waals surface area contributed by atoms with Crippen molar-refractivity contribution in [3.8, 4) is 0 Å². The van der Waals surface area contributed by atoms with Gasteiger partial charge in [-0.25, -0.2) is 0 Å². The summed E-state index contributed by atoms with van der Waals surface area (Å²) in [6.07, 6.45) is 2.97. The van der Waals surface area contributed by atoms with Crippen LogP contribution < -0.4 is 10.6 Å². The summed E-state index contributed by atoms with van der Waals surface area (Å²) in [6.45, 7) is 0.537. The van der Waals surface area contributed by atoms with Crippen LogP contribution in [0.25, 0.3) is 0 Å². The summed E-state index contributed by atoms with van der Waals surface area (Å²) < 4.78 is 0. The van der Waals surface area contributed by atoms with Crippen LogP contribution in [0.15, 0.2) is 18.2 Å². The Bertz CT molecular complexity index is 563. The number of non-ortho nitro benzene ring substituents is 1. The molecule has 2 rings (SSSR count). The van der Waals surface area contributed by atoms with Crippen molar-refractivity contribution in [1.82, 2.24) is 0 Å². The summed E-state index contributed by atoms with van der Waals surface area (Å²) in [7, 11) is 1.78. The van der Waals surface area contributed by atoms with Crippen LogP contribution in [-0.4, -0.2) is 29.5 Å². The predicted octanol–water partition coefficient (Wildman–Crippen LogP) is 2.07. The van der Waals surface area contributed by atoms with Crippen LogP contribution in [0.4, 0.5) is 17.1 Å². The second kappa shape index (κ2) is 6.04. The lowest BCUT2D eigenvalue weighted by Crippen LogP contribution is -2.38. The molecule has 1 aliphatic carbocycles. The van der Waals surface area contributed by atoms with Crippen molar-refractivity contribution in [2.45, 2.75) is 25.3 Å². The van der Waals surface area contributed by atoms with Crippen molar-refractivity contribution < 1.29 is 9.85 Å². The lowest BCUT2D eigenvalue weighted by atomic mass is 10.0. The molecule has 1 fully saturated rings. The van der Waals surface area contributed by atoms with Crippen molar-refractivity contribution in [2.24, 2.45) is 11.7 Å². The second-order valence-electron chi connectivity index (χ2n) is 5.29. The Morgan fingerprint density at radius 3 is 2.57 bits per heavy atom. The Hall–Kier alpha value is -2.22. The fraction of sp³-hybridized carbons (Fsp3) is 0.538. The van der Waals surface area contributed by atoms with Gasteiger partial charge in [-0.15, -0.1) is 0 Å². The van der Waals surface area contributed by atoms with Gasteiger partial charge in [-0.1, -0.05) is 6.42 Å². The SMILES string of the molecule is CN(c1ccc([N+](=O)[O-])cc1[N+](=O)[O-])C1CCCC1CN. The van der Waals surface area contributed by atoms with E-state index in [-0.39, 0.29) is 17.4 Å². The molecule has 2 atom stereocenters. The maximum Gasteiger partial charge on any atom is 0.299 e. The van der Waals surface area contributed by atoms with Crippen LogP contribution >= 0.6 is 0 Å². The van der Waals surface area contributed by atoms with Crippen LogP contribution in [0.3, 0.4) is 0 Å². The Labute approximate surface area is 121 Å². The molecule has 1 aromatic rings. The Balaban J connectivity index is 2.38. The first-order valence-corrected chi connectivity index (χ1v) is 6.81. The normalized spacial score (nSPS) is 21.2. The smallest absolute Gasteiger partial charge is 0.299 e. The highest BCUT2D eigenvalue weighted by Gasteiger charge is 2.32. The number of nitrogens with zero attached hydrogens (tertiary/aromatic N) is 3. The third-order valence-corrected chi connectivity index (χ3v) is 4.17. The predicted molar refractivity (Wildman–Crippen MR) is 78.3 cm³/mol. The van der Waals surface area contributed by atoms with Crippen molar-refractivity contribution in [3.05, 3.63) is 38.4 Å². The van der Waals surface area contributed by atoms with Gasteiger partial charge in [0.25, 0.3) is 11.4 Å². The van der Waals surface area contributed by atoms with Crippen LogP contribution in [0, 0.1) is 26.1 Å². The van der Waals surface area contributed by atoms with Crippen LogP contribution in [0.2, 0.25) is 0 Å². The summed E-state index contributed by atoms with van der Waals surface area (Å²) in [4.78, 5) is 22.6. The molecule has 0 amide bonds. The Morgan fingerprint density at radius 2 is 2.00 bits per heavy atom. The molecule has 21 heavy (non-hydrogen) atoms. The molecule has 0 aliphatic heterocycles. The fourth-order valence-corrected chi connectivity index (χ4v) is 3.05. The molecule has 2 N–H and O–H groups in total. The molecular formula is C13H18N4O4. The third kappa shape index (κ3) is 2.94. The summed E-state index contributed by atoms with van der Waals surface area (Å²) in [6, 6.07) is 3.89. The van der Waals surface area contributed by atoms with E-state index in [9.17, 15) is 20.2 Å². The van der Waals surface area contributed by atoms with E-state index >= 15 is 0 Å². The van der Waals surface area contributed by atoms with Gasteiger partial charge in [-0.3, -0.25) is 20.2 Å². The van der Waals surface area contributed by atoms with Crippen molar-refractivity contribution in [1.29, 1.82) is 0 Å². The molecule has 8 heteroatoms. The van der Waals surface area contributed by atoms with Gasteiger partial charge < -0.3 is 10.6 Å². The minimum atomic E-state index is -0.630. The molecule has 1 aliphatic rings. The van der Waals surface area contributed by atoms with Gasteiger partial charge in [-0.2, -0.15) is 0 Å². The molecule has 0 spiro atoms. The van der Waals surface area contributed by atoms with Gasteiger partial charge in [0.15, 0.2) is 0 Å². The zero-order valence-corrected chi connectivity index (χ0v) is 11.8. The number of benzene rings is 1. The van der Waals surface area contributed by atoms with E-state index in [0.29, 0.717) is 18.2 Å². The van der Waals surface area contributed by atoms with E-state index in [1.807, 2.05) is 4.90 Å². The number of anilines is 1. The number of hydrogen-bond donors (Lipinski definition) is 1. The van der Waals surface area contributed by atoms with E-state index in [0.717, 1.165) is 25.3 Å². The first-order valence-electron chi connectivity index (χ1n) is 6.81. The van der Waals surface area contributed by atoms with Crippen LogP contribution in [0.1, 0.15) is 19.3 Å². The Morgan fingerprint density at radius 1 is 1.29 bits per heavy atom. The summed E-state index contributed by atoms with van der Waals surface area (Å²) in [5.41, 5.74) is 5.63. The maximum atomic E-state index is 11.2. The van der Waals surface area contributed by atoms with E-state index < -0.39 is 9.85 Å². The quantitative estimate of drug-likeness (QED) is 0.656. The third-order valence-electron chi connectivity index (χ3n) is 4.17. The summed E-state index contributed by atoms with van der Waals surface area (Å²) >= 11 is 0. The van der Waals surface area contributed by atoms with Crippen molar-refractivity contribution in [3.63, 3.8) is 0 Å². The molecule has 1 aromatic carbocycles. The van der Waals surface area contributed by atoms with Gasteiger partial charge in [0, 0.05) is 19.2 Å². The lowest BCUT2D eigenvalue weighted by Gasteiger charge is -2.30. The maximum absolute atomic E-state index is 11.2. The first kappa shape index (κ1) is 15.2. The van der Waals surface area contributed by atoms with E-state index in [1.165, 1.54) is 12.1 Å². The molecule has 0 radical (unpaired) electrons. The summed E-state index contributed by atoms with van der Waals surface area (Å²) in [5, 5.41) is 22.0. The monoisotopic (exact) mass is 294 g/mol. The summed E-state index contributed by atoms with van der Waals surface area (Å²) in [5.74, 6) is 0.296. The molecule has 2 unspecified atom stereocenters. The highest BCUT2D eigenvalue weighted by Crippen LogP contribution is 2.37. The largest absolute Gasteiger partial charge is 0.366 e. The van der Waals surface area contributed by atoms with E-state index in [2.05, 4.69) is 0 Å². The first-order chi connectivity index (χ1) is 9.95. The second-order valence-corrected chi connectivity index (χ2v) is 5.29. The Kier molecular flexibility index (Phi) is 4.37. The number of nitro groups is 2. The topological polar surface area (TPSA) is 116 Å². The van der Waals surface area contributed by atoms with E-state index in [1.54, 1.807) is 7.05 Å². The molecule has 0 aromatic heterocycles. The highest BCUT2D eigenvalue weighted by atomic mass is 16.6. The van der Waals surface area contributed by atoms with Crippen LogP contribution in [-0.2, 0) is 0 Å². The van der Waals surface area contributed by atoms with Crippen molar-refractivity contribution >= 4 is 17.1 Å². The standard InChI is InChI=1S/C13H18N4O4/c1-15(11-4-2-3-9(11)8-14)12-6-5-10(16(18)19)7-13(12)17(20)21/h5-7,9,11H,2-4,8,14H2,1H3. The highest BCUT2D eigenvalue weighted by molar-refractivity contribution is 5.67. The number of nitrogens with two attached hydrogens (primary N) is 1. The van der Waals surface area contributed by atoms with Gasteiger partial charge in [-0.05, 0) is 31.4 Å². The molecule has 8 nitrogen and oxygen atoms in total. The van der Waals surface area contributed by atoms with Gasteiger partial charge in [0.2, 0.25) is 0 Å². The zero-order valence-electron chi connectivity index (χ0n) is 11.8. The molecule has 0 heterocycles. The van der Waals surface area contributed by atoms with Crippen LogP contribution in [0.5, 0.6) is 0 Å². The minimum absolute atomic E-state index is 0.134. The van der Waals surface area contributed by atoms with Gasteiger partial charge in [0.1, 0.15) is 5.69 Å². The van der Waals surface area contributed by atoms with Gasteiger partial charge in [0.05, 0.1) is 15.9 Å². The molecule has 0 saturated heterocycles. The average molecular weight is 294 g/mol. The molecule has 114 valence electrons.